The van der Waals surface area contributed by atoms with Crippen molar-refractivity contribution in [3.63, 3.8) is 0 Å². The predicted octanol–water partition coefficient (Wildman–Crippen LogP) is 7.42. The lowest BCUT2D eigenvalue weighted by atomic mass is 10.1. The molecule has 1 atom stereocenters. The Kier molecular flexibility index (Phi) is 17.1. The fraction of sp³-hybridized carbons (Fsp3) is 0.870. The minimum atomic E-state index is -1.46. The van der Waals surface area contributed by atoms with Gasteiger partial charge in [-0.15, -0.1) is 0 Å². The van der Waals surface area contributed by atoms with E-state index in [1.54, 1.807) is 0 Å². The van der Waals surface area contributed by atoms with Crippen molar-refractivity contribution in [1.29, 1.82) is 0 Å². The van der Waals surface area contributed by atoms with Crippen LogP contribution in [0.2, 0.25) is 19.6 Å². The lowest BCUT2D eigenvalue weighted by molar-refractivity contribution is -0.143. The summed E-state index contributed by atoms with van der Waals surface area (Å²) in [6, 6.07) is 0. The molecule has 0 fully saturated rings. The summed E-state index contributed by atoms with van der Waals surface area (Å²) in [6.07, 6.45) is 20.2. The highest BCUT2D eigenvalue weighted by molar-refractivity contribution is 6.69. The zero-order valence-corrected chi connectivity index (χ0v) is 19.9. The maximum atomic E-state index is 11.3. The van der Waals surface area contributed by atoms with E-state index in [1.807, 2.05) is 6.92 Å². The number of hydrogen-bond donors (Lipinski definition) is 0. The lowest BCUT2D eigenvalue weighted by Crippen LogP contribution is -2.31. The Hall–Kier alpha value is -0.613. The molecule has 0 aliphatic carbocycles. The van der Waals surface area contributed by atoms with Crippen molar-refractivity contribution < 1.29 is 14.0 Å². The van der Waals surface area contributed by atoms with Crippen LogP contribution in [0.3, 0.4) is 0 Å². The van der Waals surface area contributed by atoms with Crippen LogP contribution in [0.1, 0.15) is 97.3 Å². The topological polar surface area (TPSA) is 35.5 Å². The Morgan fingerprint density at radius 2 is 1.56 bits per heavy atom. The Balaban J connectivity index is 3.79. The van der Waals surface area contributed by atoms with E-state index in [1.165, 1.54) is 51.4 Å². The molecule has 0 aromatic heterocycles. The molecular weight excluding hydrogens is 352 g/mol. The van der Waals surface area contributed by atoms with Crippen LogP contribution in [0.5, 0.6) is 0 Å². The minimum absolute atomic E-state index is 0.0507. The second kappa shape index (κ2) is 17.5. The molecule has 0 aliphatic rings. The van der Waals surface area contributed by atoms with Gasteiger partial charge < -0.3 is 9.16 Å². The van der Waals surface area contributed by atoms with Gasteiger partial charge in [-0.1, -0.05) is 64.0 Å². The van der Waals surface area contributed by atoms with Crippen LogP contribution in [0.4, 0.5) is 0 Å². The molecule has 27 heavy (non-hydrogen) atoms. The molecule has 0 aromatic rings. The molecule has 0 bridgehead atoms. The monoisotopic (exact) mass is 398 g/mol. The number of hydrogen-bond acceptors (Lipinski definition) is 3. The van der Waals surface area contributed by atoms with Gasteiger partial charge in [0.15, 0.2) is 8.32 Å². The number of unbranched alkanes of at least 4 members (excludes halogenated alkanes) is 8. The van der Waals surface area contributed by atoms with E-state index in [-0.39, 0.29) is 5.97 Å². The van der Waals surface area contributed by atoms with E-state index >= 15 is 0 Å². The third kappa shape index (κ3) is 19.9. The molecule has 0 aromatic carbocycles. The van der Waals surface area contributed by atoms with Crippen LogP contribution in [0, 0.1) is 0 Å². The van der Waals surface area contributed by atoms with Gasteiger partial charge in [0.2, 0.25) is 0 Å². The van der Waals surface area contributed by atoms with Crippen LogP contribution < -0.4 is 0 Å². The third-order valence-electron chi connectivity index (χ3n) is 4.52. The Labute approximate surface area is 170 Å². The van der Waals surface area contributed by atoms with E-state index in [0.29, 0.717) is 19.1 Å². The summed E-state index contributed by atoms with van der Waals surface area (Å²) in [5.74, 6) is -0.0507. The van der Waals surface area contributed by atoms with Gasteiger partial charge in [0.05, 0.1) is 6.61 Å². The quantitative estimate of drug-likeness (QED) is 0.104. The molecule has 1 unspecified atom stereocenters. The molecule has 3 nitrogen and oxygen atoms in total. The molecule has 0 aliphatic heterocycles. The van der Waals surface area contributed by atoms with Crippen LogP contribution in [0.25, 0.3) is 0 Å². The van der Waals surface area contributed by atoms with Gasteiger partial charge in [0, 0.05) is 12.5 Å². The molecule has 0 heterocycles. The smallest absolute Gasteiger partial charge is 0.305 e. The number of rotatable bonds is 18. The SMILES string of the molecule is CCCCCCC(C/C=C\CCCCCCCC(=O)OCC)O[Si](C)(C)C. The highest BCUT2D eigenvalue weighted by Gasteiger charge is 2.19. The van der Waals surface area contributed by atoms with Crippen LogP contribution >= 0.6 is 0 Å². The molecule has 0 amide bonds. The lowest BCUT2D eigenvalue weighted by Gasteiger charge is -2.25. The fourth-order valence-electron chi connectivity index (χ4n) is 3.18. The Morgan fingerprint density at radius 3 is 2.22 bits per heavy atom. The second-order valence-corrected chi connectivity index (χ2v) is 13.0. The normalized spacial score (nSPS) is 13.2. The molecular formula is C23H46O3Si. The predicted molar refractivity (Wildman–Crippen MR) is 120 cm³/mol. The van der Waals surface area contributed by atoms with Gasteiger partial charge in [-0.3, -0.25) is 4.79 Å². The summed E-state index contributed by atoms with van der Waals surface area (Å²) in [7, 11) is -1.46. The first-order valence-corrected chi connectivity index (χ1v) is 14.8. The zero-order chi connectivity index (χ0) is 20.4. The first kappa shape index (κ1) is 26.4. The summed E-state index contributed by atoms with van der Waals surface area (Å²) in [5, 5.41) is 0. The standard InChI is InChI=1S/C23H46O3Si/c1-6-8-9-16-19-22(26-27(3,4)5)20-17-14-12-10-11-13-15-18-21-23(24)25-7-2/h14,17,22H,6-13,15-16,18-21H2,1-5H3/b17-14-. The van der Waals surface area contributed by atoms with Crippen molar-refractivity contribution in [2.24, 2.45) is 0 Å². The third-order valence-corrected chi connectivity index (χ3v) is 5.56. The molecule has 0 spiro atoms. The first-order valence-electron chi connectivity index (χ1n) is 11.4. The highest BCUT2D eigenvalue weighted by atomic mass is 28.4. The van der Waals surface area contributed by atoms with Crippen LogP contribution in [0.15, 0.2) is 12.2 Å². The molecule has 4 heteroatoms. The fourth-order valence-corrected chi connectivity index (χ4v) is 4.40. The van der Waals surface area contributed by atoms with Crippen molar-refractivity contribution in [1.82, 2.24) is 0 Å². The largest absolute Gasteiger partial charge is 0.466 e. The molecule has 0 radical (unpaired) electrons. The molecule has 160 valence electrons. The van der Waals surface area contributed by atoms with E-state index in [9.17, 15) is 4.79 Å². The summed E-state index contributed by atoms with van der Waals surface area (Å²) >= 11 is 0. The van der Waals surface area contributed by atoms with Crippen molar-refractivity contribution in [3.8, 4) is 0 Å². The number of ether oxygens (including phenoxy) is 1. The number of carbonyl (C=O) groups excluding carboxylic acids is 1. The van der Waals surface area contributed by atoms with Crippen molar-refractivity contribution in [2.45, 2.75) is 123 Å². The van der Waals surface area contributed by atoms with Gasteiger partial charge >= 0.3 is 5.97 Å². The van der Waals surface area contributed by atoms with E-state index in [2.05, 4.69) is 38.7 Å². The second-order valence-electron chi connectivity index (χ2n) is 8.52. The summed E-state index contributed by atoms with van der Waals surface area (Å²) in [5.41, 5.74) is 0. The number of esters is 1. The number of carbonyl (C=O) groups is 1. The van der Waals surface area contributed by atoms with E-state index in [4.69, 9.17) is 9.16 Å². The highest BCUT2D eigenvalue weighted by Crippen LogP contribution is 2.17. The van der Waals surface area contributed by atoms with E-state index < -0.39 is 8.32 Å². The Morgan fingerprint density at radius 1 is 0.889 bits per heavy atom. The minimum Gasteiger partial charge on any atom is -0.466 e. The van der Waals surface area contributed by atoms with Crippen molar-refractivity contribution in [2.75, 3.05) is 6.61 Å². The first-order chi connectivity index (χ1) is 12.9. The summed E-state index contributed by atoms with van der Waals surface area (Å²) in [4.78, 5) is 11.3. The molecule has 0 saturated heterocycles. The Bertz CT molecular complexity index is 374. The van der Waals surface area contributed by atoms with Crippen molar-refractivity contribution >= 4 is 14.3 Å². The average Bonchev–Trinajstić information content (AvgIpc) is 2.59. The molecule has 0 rings (SSSR count). The zero-order valence-electron chi connectivity index (χ0n) is 18.9. The average molecular weight is 399 g/mol. The van der Waals surface area contributed by atoms with Crippen LogP contribution in [-0.4, -0.2) is 27.0 Å². The van der Waals surface area contributed by atoms with Gasteiger partial charge in [-0.2, -0.15) is 0 Å². The van der Waals surface area contributed by atoms with Gasteiger partial charge in [0.1, 0.15) is 0 Å². The summed E-state index contributed by atoms with van der Waals surface area (Å²) < 4.78 is 11.3. The maximum absolute atomic E-state index is 11.3. The van der Waals surface area contributed by atoms with Crippen molar-refractivity contribution in [3.05, 3.63) is 12.2 Å². The molecule has 0 N–H and O–H groups in total. The molecule has 0 saturated carbocycles. The van der Waals surface area contributed by atoms with Gasteiger partial charge in [-0.05, 0) is 58.7 Å². The maximum Gasteiger partial charge on any atom is 0.305 e. The van der Waals surface area contributed by atoms with Gasteiger partial charge in [-0.25, -0.2) is 0 Å². The summed E-state index contributed by atoms with van der Waals surface area (Å²) in [6.45, 7) is 11.5. The van der Waals surface area contributed by atoms with Crippen LogP contribution in [-0.2, 0) is 14.0 Å². The van der Waals surface area contributed by atoms with Gasteiger partial charge in [0.25, 0.3) is 0 Å². The van der Waals surface area contributed by atoms with E-state index in [0.717, 1.165) is 25.7 Å². The number of allylic oxidation sites excluding steroid dienone is 1.